The van der Waals surface area contributed by atoms with Gasteiger partial charge in [-0.2, -0.15) is 0 Å². The van der Waals surface area contributed by atoms with Crippen molar-refractivity contribution in [3.05, 3.63) is 29.8 Å². The van der Waals surface area contributed by atoms with Gasteiger partial charge in [-0.05, 0) is 37.7 Å². The number of aliphatic carboxylic acids is 1. The lowest BCUT2D eigenvalue weighted by molar-refractivity contribution is -0.136. The van der Waals surface area contributed by atoms with E-state index in [-0.39, 0.29) is 12.5 Å². The first-order valence-corrected chi connectivity index (χ1v) is 7.10. The van der Waals surface area contributed by atoms with Gasteiger partial charge in [-0.3, -0.25) is 4.79 Å². The molecule has 0 saturated carbocycles. The SMILES string of the molecule is CN1CCCN(C(=O)Nc2ccc(CC(=O)O)cc2)CC1. The molecule has 2 rings (SSSR count). The Kier molecular flexibility index (Phi) is 5.16. The lowest BCUT2D eigenvalue weighted by atomic mass is 10.1. The maximum atomic E-state index is 12.2. The average Bonchev–Trinajstić information content (AvgIpc) is 2.65. The maximum absolute atomic E-state index is 12.2. The van der Waals surface area contributed by atoms with Crippen LogP contribution in [0, 0.1) is 0 Å². The standard InChI is InChI=1S/C15H21N3O3/c1-17-7-2-8-18(10-9-17)15(21)16-13-5-3-12(4-6-13)11-14(19)20/h3-6H,2,7-11H2,1H3,(H,16,21)(H,19,20). The van der Waals surface area contributed by atoms with Gasteiger partial charge in [0.05, 0.1) is 6.42 Å². The van der Waals surface area contributed by atoms with Gasteiger partial charge in [-0.1, -0.05) is 12.1 Å². The first-order chi connectivity index (χ1) is 10.0. The van der Waals surface area contributed by atoms with Gasteiger partial charge in [0.1, 0.15) is 0 Å². The number of nitrogens with zero attached hydrogens (tertiary/aromatic N) is 2. The van der Waals surface area contributed by atoms with Gasteiger partial charge in [0.15, 0.2) is 0 Å². The highest BCUT2D eigenvalue weighted by Crippen LogP contribution is 2.12. The number of hydrogen-bond donors (Lipinski definition) is 2. The van der Waals surface area contributed by atoms with Crippen molar-refractivity contribution in [1.82, 2.24) is 9.80 Å². The molecule has 0 aromatic heterocycles. The van der Waals surface area contributed by atoms with Crippen LogP contribution in [-0.2, 0) is 11.2 Å². The number of amides is 2. The number of nitrogens with one attached hydrogen (secondary N) is 1. The molecule has 0 unspecified atom stereocenters. The fraction of sp³-hybridized carbons (Fsp3) is 0.467. The number of carboxylic acid groups (broad SMARTS) is 1. The molecule has 114 valence electrons. The first-order valence-electron chi connectivity index (χ1n) is 7.10. The molecule has 1 fully saturated rings. The highest BCUT2D eigenvalue weighted by atomic mass is 16.4. The summed E-state index contributed by atoms with van der Waals surface area (Å²) in [5.41, 5.74) is 1.41. The van der Waals surface area contributed by atoms with E-state index in [1.54, 1.807) is 24.3 Å². The second-order valence-electron chi connectivity index (χ2n) is 5.34. The molecule has 2 N–H and O–H groups in total. The van der Waals surface area contributed by atoms with Crippen molar-refractivity contribution in [2.45, 2.75) is 12.8 Å². The van der Waals surface area contributed by atoms with Crippen LogP contribution < -0.4 is 5.32 Å². The predicted octanol–water partition coefficient (Wildman–Crippen LogP) is 1.48. The number of urea groups is 1. The number of rotatable bonds is 3. The van der Waals surface area contributed by atoms with E-state index in [4.69, 9.17) is 5.11 Å². The molecule has 1 aliphatic heterocycles. The third-order valence-corrected chi connectivity index (χ3v) is 3.57. The number of hydrogen-bond acceptors (Lipinski definition) is 3. The van der Waals surface area contributed by atoms with Gasteiger partial charge in [0.25, 0.3) is 0 Å². The fourth-order valence-corrected chi connectivity index (χ4v) is 2.33. The lowest BCUT2D eigenvalue weighted by Gasteiger charge is -2.21. The summed E-state index contributed by atoms with van der Waals surface area (Å²) < 4.78 is 0. The van der Waals surface area contributed by atoms with Crippen LogP contribution in [0.25, 0.3) is 0 Å². The number of carbonyl (C=O) groups is 2. The summed E-state index contributed by atoms with van der Waals surface area (Å²) in [6.45, 7) is 3.37. The molecule has 6 nitrogen and oxygen atoms in total. The van der Waals surface area contributed by atoms with Crippen molar-refractivity contribution < 1.29 is 14.7 Å². The van der Waals surface area contributed by atoms with E-state index in [1.165, 1.54) is 0 Å². The van der Waals surface area contributed by atoms with Crippen LogP contribution in [0.2, 0.25) is 0 Å². The molecule has 0 spiro atoms. The number of carboxylic acids is 1. The summed E-state index contributed by atoms with van der Waals surface area (Å²) >= 11 is 0. The molecule has 2 amide bonds. The fourth-order valence-electron chi connectivity index (χ4n) is 2.33. The highest BCUT2D eigenvalue weighted by molar-refractivity contribution is 5.89. The van der Waals surface area contributed by atoms with Gasteiger partial charge in [0, 0.05) is 25.3 Å². The van der Waals surface area contributed by atoms with Gasteiger partial charge < -0.3 is 20.2 Å². The summed E-state index contributed by atoms with van der Waals surface area (Å²) in [5.74, 6) is -0.861. The maximum Gasteiger partial charge on any atom is 0.321 e. The van der Waals surface area contributed by atoms with Crippen LogP contribution in [0.15, 0.2) is 24.3 Å². The minimum atomic E-state index is -0.861. The van der Waals surface area contributed by atoms with Crippen LogP contribution in [0.1, 0.15) is 12.0 Å². The van der Waals surface area contributed by atoms with E-state index in [9.17, 15) is 9.59 Å². The van der Waals surface area contributed by atoms with E-state index in [0.29, 0.717) is 5.69 Å². The van der Waals surface area contributed by atoms with Crippen molar-refractivity contribution >= 4 is 17.7 Å². The number of likely N-dealkylation sites (N-methyl/N-ethyl adjacent to an activating group) is 1. The normalized spacial score (nSPS) is 16.3. The van der Waals surface area contributed by atoms with Gasteiger partial charge in [-0.25, -0.2) is 4.79 Å². The molecule has 1 aromatic carbocycles. The molecule has 1 aromatic rings. The molecule has 1 saturated heterocycles. The Balaban J connectivity index is 1.91. The lowest BCUT2D eigenvalue weighted by Crippen LogP contribution is -2.37. The number of carbonyl (C=O) groups excluding carboxylic acids is 1. The zero-order valence-electron chi connectivity index (χ0n) is 12.2. The summed E-state index contributed by atoms with van der Waals surface area (Å²) in [7, 11) is 2.06. The van der Waals surface area contributed by atoms with Gasteiger partial charge in [0.2, 0.25) is 0 Å². The Hall–Kier alpha value is -2.08. The molecule has 0 radical (unpaired) electrons. The Morgan fingerprint density at radius 3 is 2.52 bits per heavy atom. The topological polar surface area (TPSA) is 72.9 Å². The van der Waals surface area contributed by atoms with E-state index < -0.39 is 5.97 Å². The van der Waals surface area contributed by atoms with Crippen molar-refractivity contribution in [2.75, 3.05) is 38.5 Å². The van der Waals surface area contributed by atoms with Crippen molar-refractivity contribution in [1.29, 1.82) is 0 Å². The second kappa shape index (κ2) is 7.08. The van der Waals surface area contributed by atoms with Gasteiger partial charge >= 0.3 is 12.0 Å². The molecule has 0 bridgehead atoms. The van der Waals surface area contributed by atoms with Gasteiger partial charge in [-0.15, -0.1) is 0 Å². The van der Waals surface area contributed by atoms with Crippen LogP contribution in [0.5, 0.6) is 0 Å². The summed E-state index contributed by atoms with van der Waals surface area (Å²) in [4.78, 5) is 26.8. The summed E-state index contributed by atoms with van der Waals surface area (Å²) in [5, 5.41) is 11.6. The largest absolute Gasteiger partial charge is 0.481 e. The zero-order valence-corrected chi connectivity index (χ0v) is 12.2. The van der Waals surface area contributed by atoms with Crippen LogP contribution in [-0.4, -0.2) is 60.1 Å². The minimum Gasteiger partial charge on any atom is -0.481 e. The van der Waals surface area contributed by atoms with Crippen molar-refractivity contribution in [3.8, 4) is 0 Å². The van der Waals surface area contributed by atoms with Crippen LogP contribution in [0.3, 0.4) is 0 Å². The van der Waals surface area contributed by atoms with Crippen LogP contribution in [0.4, 0.5) is 10.5 Å². The second-order valence-corrected chi connectivity index (χ2v) is 5.34. The molecule has 21 heavy (non-hydrogen) atoms. The predicted molar refractivity (Wildman–Crippen MR) is 80.5 cm³/mol. The van der Waals surface area contributed by atoms with E-state index in [2.05, 4.69) is 17.3 Å². The molecular formula is C15H21N3O3. The van der Waals surface area contributed by atoms with Crippen LogP contribution >= 0.6 is 0 Å². The Morgan fingerprint density at radius 1 is 1.14 bits per heavy atom. The molecule has 0 aliphatic carbocycles. The molecule has 0 atom stereocenters. The summed E-state index contributed by atoms with van der Waals surface area (Å²) in [6.07, 6.45) is 0.966. The molecule has 6 heteroatoms. The quantitative estimate of drug-likeness (QED) is 0.885. The smallest absolute Gasteiger partial charge is 0.321 e. The number of benzene rings is 1. The van der Waals surface area contributed by atoms with E-state index in [1.807, 2.05) is 4.90 Å². The Morgan fingerprint density at radius 2 is 1.86 bits per heavy atom. The minimum absolute atomic E-state index is 0.00726. The Bertz CT molecular complexity index is 501. The van der Waals surface area contributed by atoms with Crippen molar-refractivity contribution in [3.63, 3.8) is 0 Å². The van der Waals surface area contributed by atoms with E-state index in [0.717, 1.165) is 38.2 Å². The monoisotopic (exact) mass is 291 g/mol. The third-order valence-electron chi connectivity index (χ3n) is 3.57. The molecular weight excluding hydrogens is 270 g/mol. The van der Waals surface area contributed by atoms with E-state index >= 15 is 0 Å². The number of anilines is 1. The highest BCUT2D eigenvalue weighted by Gasteiger charge is 2.17. The summed E-state index contributed by atoms with van der Waals surface area (Å²) in [6, 6.07) is 6.82. The first kappa shape index (κ1) is 15.3. The Labute approximate surface area is 124 Å². The molecule has 1 aliphatic rings. The zero-order chi connectivity index (χ0) is 15.2. The molecule has 1 heterocycles. The average molecular weight is 291 g/mol. The van der Waals surface area contributed by atoms with Crippen molar-refractivity contribution in [2.24, 2.45) is 0 Å². The third kappa shape index (κ3) is 4.75.